The van der Waals surface area contributed by atoms with Crippen molar-refractivity contribution >= 4 is 44.4 Å². The van der Waals surface area contributed by atoms with Crippen LogP contribution in [0.15, 0.2) is 22.7 Å². The number of carbonyl (C=O) groups excluding carboxylic acids is 1. The van der Waals surface area contributed by atoms with Crippen LogP contribution in [0.1, 0.15) is 17.3 Å². The second kappa shape index (κ2) is 5.97. The van der Waals surface area contributed by atoms with E-state index in [0.29, 0.717) is 12.1 Å². The smallest absolute Gasteiger partial charge is 0.254 e. The quantitative estimate of drug-likeness (QED) is 0.797. The molecule has 0 radical (unpaired) electrons. The summed E-state index contributed by atoms with van der Waals surface area (Å²) in [5.41, 5.74) is 6.26. The molecule has 0 saturated carbocycles. The normalized spacial score (nSPS) is 12.3. The molecule has 1 atom stereocenters. The van der Waals surface area contributed by atoms with Crippen LogP contribution in [0.3, 0.4) is 0 Å². The largest absolute Gasteiger partial charge is 0.338 e. The van der Waals surface area contributed by atoms with Crippen LogP contribution in [-0.2, 0) is 0 Å². The SMILES string of the molecule is CC(CN)N(C)C(=O)c1cc(Br)ccc1I. The van der Waals surface area contributed by atoms with E-state index in [1.54, 1.807) is 11.9 Å². The molecule has 0 bridgehead atoms. The Hall–Kier alpha value is -0.140. The van der Waals surface area contributed by atoms with Crippen LogP contribution in [-0.4, -0.2) is 30.4 Å². The van der Waals surface area contributed by atoms with Crippen molar-refractivity contribution in [3.8, 4) is 0 Å². The zero-order valence-corrected chi connectivity index (χ0v) is 12.9. The molecule has 0 heterocycles. The van der Waals surface area contributed by atoms with E-state index in [-0.39, 0.29) is 11.9 Å². The van der Waals surface area contributed by atoms with Gasteiger partial charge in [-0.2, -0.15) is 0 Å². The predicted octanol–water partition coefficient (Wildman–Crippen LogP) is 2.47. The molecule has 0 aliphatic heterocycles. The van der Waals surface area contributed by atoms with Crippen molar-refractivity contribution in [3.63, 3.8) is 0 Å². The van der Waals surface area contributed by atoms with Gasteiger partial charge in [-0.15, -0.1) is 0 Å². The molecule has 1 rings (SSSR count). The first-order valence-electron chi connectivity index (χ1n) is 4.89. The van der Waals surface area contributed by atoms with E-state index < -0.39 is 0 Å². The van der Waals surface area contributed by atoms with E-state index in [4.69, 9.17) is 5.73 Å². The average Bonchev–Trinajstić information content (AvgIpc) is 2.29. The third-order valence-electron chi connectivity index (χ3n) is 2.48. The number of nitrogens with two attached hydrogens (primary N) is 1. The molecule has 1 amide bonds. The number of nitrogens with zero attached hydrogens (tertiary/aromatic N) is 1. The number of likely N-dealkylation sites (N-methyl/N-ethyl adjacent to an activating group) is 1. The van der Waals surface area contributed by atoms with Gasteiger partial charge in [-0.25, -0.2) is 0 Å². The number of rotatable bonds is 3. The second-order valence-electron chi connectivity index (χ2n) is 3.62. The number of amides is 1. The molecule has 1 unspecified atom stereocenters. The van der Waals surface area contributed by atoms with E-state index in [1.807, 2.05) is 25.1 Å². The monoisotopic (exact) mass is 396 g/mol. The highest BCUT2D eigenvalue weighted by molar-refractivity contribution is 14.1. The maximum absolute atomic E-state index is 12.2. The second-order valence-corrected chi connectivity index (χ2v) is 5.70. The standard InChI is InChI=1S/C11H14BrIN2O/c1-7(6-14)15(2)11(16)9-5-8(12)3-4-10(9)13/h3-5,7H,6,14H2,1-2H3. The fraction of sp³-hybridized carbons (Fsp3) is 0.364. The highest BCUT2D eigenvalue weighted by Crippen LogP contribution is 2.20. The lowest BCUT2D eigenvalue weighted by atomic mass is 10.2. The summed E-state index contributed by atoms with van der Waals surface area (Å²) in [6, 6.07) is 5.72. The minimum Gasteiger partial charge on any atom is -0.338 e. The van der Waals surface area contributed by atoms with Gasteiger partial charge in [0.2, 0.25) is 0 Å². The van der Waals surface area contributed by atoms with Gasteiger partial charge in [-0.3, -0.25) is 4.79 Å². The number of benzene rings is 1. The van der Waals surface area contributed by atoms with Crippen molar-refractivity contribution in [3.05, 3.63) is 31.8 Å². The number of hydrogen-bond donors (Lipinski definition) is 1. The van der Waals surface area contributed by atoms with Gasteiger partial charge in [-0.1, -0.05) is 15.9 Å². The Morgan fingerprint density at radius 1 is 1.62 bits per heavy atom. The predicted molar refractivity (Wildman–Crippen MR) is 77.5 cm³/mol. The Morgan fingerprint density at radius 2 is 2.25 bits per heavy atom. The summed E-state index contributed by atoms with van der Waals surface area (Å²) in [5, 5.41) is 0. The van der Waals surface area contributed by atoms with Crippen LogP contribution in [0.5, 0.6) is 0 Å². The first-order valence-corrected chi connectivity index (χ1v) is 6.76. The fourth-order valence-corrected chi connectivity index (χ4v) is 2.14. The van der Waals surface area contributed by atoms with Gasteiger partial charge in [0.05, 0.1) is 5.56 Å². The summed E-state index contributed by atoms with van der Waals surface area (Å²) in [6.07, 6.45) is 0. The lowest BCUT2D eigenvalue weighted by molar-refractivity contribution is 0.0747. The zero-order chi connectivity index (χ0) is 12.3. The Labute approximate surface area is 118 Å². The van der Waals surface area contributed by atoms with Crippen LogP contribution in [0.25, 0.3) is 0 Å². The Balaban J connectivity index is 3.00. The molecule has 1 aromatic rings. The van der Waals surface area contributed by atoms with E-state index in [9.17, 15) is 4.79 Å². The molecular formula is C11H14BrIN2O. The average molecular weight is 397 g/mol. The Kier molecular flexibility index (Phi) is 5.20. The maximum Gasteiger partial charge on any atom is 0.254 e. The third kappa shape index (κ3) is 3.18. The molecular weight excluding hydrogens is 383 g/mol. The van der Waals surface area contributed by atoms with E-state index in [1.165, 1.54) is 0 Å². The van der Waals surface area contributed by atoms with Gasteiger partial charge in [-0.05, 0) is 47.7 Å². The highest BCUT2D eigenvalue weighted by Gasteiger charge is 2.18. The Morgan fingerprint density at radius 3 is 2.81 bits per heavy atom. The summed E-state index contributed by atoms with van der Waals surface area (Å²) in [7, 11) is 1.77. The van der Waals surface area contributed by atoms with Crippen molar-refractivity contribution < 1.29 is 4.79 Å². The van der Waals surface area contributed by atoms with Crippen LogP contribution in [0.2, 0.25) is 0 Å². The van der Waals surface area contributed by atoms with E-state index in [2.05, 4.69) is 38.5 Å². The molecule has 0 aliphatic rings. The molecule has 16 heavy (non-hydrogen) atoms. The van der Waals surface area contributed by atoms with Crippen LogP contribution < -0.4 is 5.73 Å². The van der Waals surface area contributed by atoms with Crippen LogP contribution in [0, 0.1) is 3.57 Å². The third-order valence-corrected chi connectivity index (χ3v) is 3.92. The van der Waals surface area contributed by atoms with E-state index >= 15 is 0 Å². The molecule has 0 spiro atoms. The van der Waals surface area contributed by atoms with Gasteiger partial charge in [0.25, 0.3) is 5.91 Å². The summed E-state index contributed by atoms with van der Waals surface area (Å²) in [6.45, 7) is 2.40. The van der Waals surface area contributed by atoms with Crippen molar-refractivity contribution in [2.75, 3.05) is 13.6 Å². The van der Waals surface area contributed by atoms with Crippen molar-refractivity contribution in [1.82, 2.24) is 4.90 Å². The number of halogens is 2. The van der Waals surface area contributed by atoms with Gasteiger partial charge in [0, 0.05) is 27.7 Å². The van der Waals surface area contributed by atoms with E-state index in [0.717, 1.165) is 8.04 Å². The summed E-state index contributed by atoms with van der Waals surface area (Å²) < 4.78 is 1.85. The molecule has 0 saturated heterocycles. The fourth-order valence-electron chi connectivity index (χ4n) is 1.21. The number of hydrogen-bond acceptors (Lipinski definition) is 2. The molecule has 3 nitrogen and oxygen atoms in total. The molecule has 1 aromatic carbocycles. The summed E-state index contributed by atoms with van der Waals surface area (Å²) >= 11 is 5.53. The molecule has 5 heteroatoms. The van der Waals surface area contributed by atoms with Crippen molar-refractivity contribution in [2.24, 2.45) is 5.73 Å². The molecule has 0 aromatic heterocycles. The zero-order valence-electron chi connectivity index (χ0n) is 9.21. The van der Waals surface area contributed by atoms with Crippen molar-refractivity contribution in [2.45, 2.75) is 13.0 Å². The van der Waals surface area contributed by atoms with Crippen molar-refractivity contribution in [1.29, 1.82) is 0 Å². The lowest BCUT2D eigenvalue weighted by Crippen LogP contribution is -2.40. The van der Waals surface area contributed by atoms with Gasteiger partial charge in [0.1, 0.15) is 0 Å². The van der Waals surface area contributed by atoms with Gasteiger partial charge < -0.3 is 10.6 Å². The first kappa shape index (κ1) is 13.9. The summed E-state index contributed by atoms with van der Waals surface area (Å²) in [4.78, 5) is 13.8. The highest BCUT2D eigenvalue weighted by atomic mass is 127. The minimum atomic E-state index is 0.00338. The Bertz CT molecular complexity index is 398. The van der Waals surface area contributed by atoms with Crippen LogP contribution in [0.4, 0.5) is 0 Å². The maximum atomic E-state index is 12.2. The minimum absolute atomic E-state index is 0.00338. The number of carbonyl (C=O) groups is 1. The van der Waals surface area contributed by atoms with Gasteiger partial charge >= 0.3 is 0 Å². The van der Waals surface area contributed by atoms with Gasteiger partial charge in [0.15, 0.2) is 0 Å². The lowest BCUT2D eigenvalue weighted by Gasteiger charge is -2.24. The molecule has 0 fully saturated rings. The molecule has 88 valence electrons. The first-order chi connectivity index (χ1) is 7.47. The topological polar surface area (TPSA) is 46.3 Å². The molecule has 2 N–H and O–H groups in total. The summed E-state index contributed by atoms with van der Waals surface area (Å²) in [5.74, 6) is 0.00338. The molecule has 0 aliphatic carbocycles. The van der Waals surface area contributed by atoms with Crippen LogP contribution >= 0.6 is 38.5 Å².